The summed E-state index contributed by atoms with van der Waals surface area (Å²) < 4.78 is 16.4. The van der Waals surface area contributed by atoms with Gasteiger partial charge in [0.25, 0.3) is 11.7 Å². The lowest BCUT2D eigenvalue weighted by molar-refractivity contribution is 0.0932. The summed E-state index contributed by atoms with van der Waals surface area (Å²) in [5.74, 6) is -0.331. The molecule has 148 valence electrons. The van der Waals surface area contributed by atoms with E-state index >= 15 is 0 Å². The Morgan fingerprint density at radius 2 is 2.03 bits per heavy atom. The molecule has 0 radical (unpaired) electrons. The number of aromatic nitrogens is 6. The molecule has 0 aliphatic carbocycles. The lowest BCUT2D eigenvalue weighted by Gasteiger charge is -2.14. The molecule has 0 aliphatic rings. The van der Waals surface area contributed by atoms with Gasteiger partial charge in [0.15, 0.2) is 0 Å². The lowest BCUT2D eigenvalue weighted by Crippen LogP contribution is -2.35. The molecule has 1 amide bonds. The van der Waals surface area contributed by atoms with Crippen LogP contribution in [0.1, 0.15) is 28.7 Å². The fourth-order valence-electron chi connectivity index (χ4n) is 3.27. The van der Waals surface area contributed by atoms with Crippen molar-refractivity contribution >= 4 is 11.7 Å². The zero-order valence-corrected chi connectivity index (χ0v) is 16.3. The minimum Gasteiger partial charge on any atom is -0.348 e. The largest absolute Gasteiger partial charge is 0.348 e. The van der Waals surface area contributed by atoms with Crippen molar-refractivity contribution in [1.29, 1.82) is 0 Å². The number of carbonyl (C=O) groups is 1. The molecule has 4 rings (SSSR count). The molecule has 0 saturated heterocycles. The maximum atomic E-state index is 13.2. The van der Waals surface area contributed by atoms with Crippen molar-refractivity contribution in [3.63, 3.8) is 0 Å². The van der Waals surface area contributed by atoms with Gasteiger partial charge < -0.3 is 5.32 Å². The van der Waals surface area contributed by atoms with Crippen LogP contribution in [-0.2, 0) is 13.5 Å². The highest BCUT2D eigenvalue weighted by Gasteiger charge is 2.18. The molecular formula is C20H20FN7O. The summed E-state index contributed by atoms with van der Waals surface area (Å²) in [6, 6.07) is 7.43. The summed E-state index contributed by atoms with van der Waals surface area (Å²) in [7, 11) is 1.87. The quantitative estimate of drug-likeness (QED) is 0.562. The molecule has 0 aliphatic heterocycles. The van der Waals surface area contributed by atoms with Crippen LogP contribution in [0, 0.1) is 12.7 Å². The predicted octanol–water partition coefficient (Wildman–Crippen LogP) is 2.33. The maximum Gasteiger partial charge on any atom is 0.270 e. The predicted molar refractivity (Wildman–Crippen MR) is 105 cm³/mol. The van der Waals surface area contributed by atoms with Gasteiger partial charge in [-0.15, -0.1) is 0 Å². The highest BCUT2D eigenvalue weighted by molar-refractivity contribution is 5.94. The van der Waals surface area contributed by atoms with Crippen LogP contribution in [0.2, 0.25) is 0 Å². The molecule has 0 saturated carbocycles. The SMILES string of the molecule is Cc1nn(C)cc1CC(C)NC(=O)c1cc(-c2ccc(F)cc2)nc2ncnn12. The van der Waals surface area contributed by atoms with Crippen molar-refractivity contribution in [2.45, 2.75) is 26.3 Å². The van der Waals surface area contributed by atoms with E-state index in [2.05, 4.69) is 25.5 Å². The molecule has 3 aromatic heterocycles. The van der Waals surface area contributed by atoms with Gasteiger partial charge in [0.2, 0.25) is 0 Å². The number of rotatable bonds is 5. The summed E-state index contributed by atoms with van der Waals surface area (Å²) in [6.45, 7) is 3.88. The van der Waals surface area contributed by atoms with E-state index in [-0.39, 0.29) is 17.8 Å². The summed E-state index contributed by atoms with van der Waals surface area (Å²) >= 11 is 0. The highest BCUT2D eigenvalue weighted by Crippen LogP contribution is 2.20. The second kappa shape index (κ2) is 7.42. The van der Waals surface area contributed by atoms with E-state index in [0.717, 1.165) is 11.3 Å². The van der Waals surface area contributed by atoms with Gasteiger partial charge >= 0.3 is 0 Å². The first-order valence-electron chi connectivity index (χ1n) is 9.17. The Morgan fingerprint density at radius 1 is 1.28 bits per heavy atom. The van der Waals surface area contributed by atoms with Gasteiger partial charge in [-0.1, -0.05) is 0 Å². The van der Waals surface area contributed by atoms with Crippen LogP contribution in [-0.4, -0.2) is 41.3 Å². The molecule has 29 heavy (non-hydrogen) atoms. The van der Waals surface area contributed by atoms with Gasteiger partial charge in [-0.2, -0.15) is 19.7 Å². The second-order valence-electron chi connectivity index (χ2n) is 7.00. The van der Waals surface area contributed by atoms with Gasteiger partial charge in [-0.05, 0) is 56.2 Å². The summed E-state index contributed by atoms with van der Waals surface area (Å²) in [6.07, 6.45) is 3.95. The second-order valence-corrected chi connectivity index (χ2v) is 7.00. The van der Waals surface area contributed by atoms with E-state index in [9.17, 15) is 9.18 Å². The van der Waals surface area contributed by atoms with Crippen molar-refractivity contribution in [1.82, 2.24) is 34.7 Å². The molecule has 1 unspecified atom stereocenters. The Labute approximate surface area is 166 Å². The molecule has 0 spiro atoms. The van der Waals surface area contributed by atoms with Crippen LogP contribution >= 0.6 is 0 Å². The number of nitrogens with zero attached hydrogens (tertiary/aromatic N) is 6. The average molecular weight is 393 g/mol. The molecular weight excluding hydrogens is 373 g/mol. The Hall–Kier alpha value is -3.62. The van der Waals surface area contributed by atoms with Crippen molar-refractivity contribution in [2.75, 3.05) is 0 Å². The van der Waals surface area contributed by atoms with E-state index in [1.165, 1.54) is 23.0 Å². The zero-order valence-electron chi connectivity index (χ0n) is 16.3. The average Bonchev–Trinajstić information content (AvgIpc) is 3.27. The number of hydrogen-bond acceptors (Lipinski definition) is 5. The molecule has 0 fully saturated rings. The third kappa shape index (κ3) is 3.84. The maximum absolute atomic E-state index is 13.2. The zero-order chi connectivity index (χ0) is 20.5. The van der Waals surface area contributed by atoms with Crippen molar-refractivity contribution in [3.8, 4) is 11.3 Å². The number of benzene rings is 1. The van der Waals surface area contributed by atoms with Gasteiger partial charge in [-0.3, -0.25) is 9.48 Å². The van der Waals surface area contributed by atoms with Crippen molar-refractivity contribution in [2.24, 2.45) is 7.05 Å². The Balaban J connectivity index is 1.62. The van der Waals surface area contributed by atoms with Gasteiger partial charge in [0.1, 0.15) is 17.8 Å². The Bertz CT molecular complexity index is 1180. The molecule has 1 atom stereocenters. The molecule has 3 heterocycles. The minimum atomic E-state index is -0.338. The standard InChI is InChI=1S/C20H20FN7O/c1-12(8-15-10-27(3)26-13(15)2)24-19(29)18-9-17(14-4-6-16(21)7-5-14)25-20-22-11-23-28(18)20/h4-7,9-12H,8H2,1-3H3,(H,24,29). The molecule has 9 heteroatoms. The normalized spacial score (nSPS) is 12.3. The lowest BCUT2D eigenvalue weighted by atomic mass is 10.1. The minimum absolute atomic E-state index is 0.119. The fourth-order valence-corrected chi connectivity index (χ4v) is 3.27. The molecule has 1 aromatic carbocycles. The molecule has 0 bridgehead atoms. The third-order valence-electron chi connectivity index (χ3n) is 4.64. The van der Waals surface area contributed by atoms with Gasteiger partial charge in [0.05, 0.1) is 11.4 Å². The summed E-state index contributed by atoms with van der Waals surface area (Å²) in [4.78, 5) is 21.5. The number of amides is 1. The van der Waals surface area contributed by atoms with E-state index < -0.39 is 0 Å². The number of hydrogen-bond donors (Lipinski definition) is 1. The van der Waals surface area contributed by atoms with Crippen molar-refractivity contribution < 1.29 is 9.18 Å². The van der Waals surface area contributed by atoms with Crippen LogP contribution in [0.25, 0.3) is 17.0 Å². The molecule has 1 N–H and O–H groups in total. The van der Waals surface area contributed by atoms with Crippen molar-refractivity contribution in [3.05, 3.63) is 65.6 Å². The van der Waals surface area contributed by atoms with E-state index in [0.29, 0.717) is 29.1 Å². The van der Waals surface area contributed by atoms with Crippen LogP contribution in [0.5, 0.6) is 0 Å². The van der Waals surface area contributed by atoms with E-state index in [1.807, 2.05) is 27.1 Å². The third-order valence-corrected chi connectivity index (χ3v) is 4.64. The topological polar surface area (TPSA) is 90.0 Å². The van der Waals surface area contributed by atoms with Gasteiger partial charge in [-0.25, -0.2) is 9.37 Å². The first-order chi connectivity index (χ1) is 13.9. The van der Waals surface area contributed by atoms with Crippen LogP contribution < -0.4 is 5.32 Å². The first-order valence-corrected chi connectivity index (χ1v) is 9.17. The van der Waals surface area contributed by atoms with Crippen LogP contribution in [0.4, 0.5) is 4.39 Å². The molecule has 4 aromatic rings. The van der Waals surface area contributed by atoms with Gasteiger partial charge in [0, 0.05) is 24.8 Å². The fraction of sp³-hybridized carbons (Fsp3) is 0.250. The van der Waals surface area contributed by atoms with E-state index in [1.54, 1.807) is 22.9 Å². The Kier molecular flexibility index (Phi) is 4.79. The van der Waals surface area contributed by atoms with E-state index in [4.69, 9.17) is 0 Å². The number of fused-ring (bicyclic) bond motifs is 1. The highest BCUT2D eigenvalue weighted by atomic mass is 19.1. The Morgan fingerprint density at radius 3 is 2.72 bits per heavy atom. The van der Waals surface area contributed by atoms with Crippen LogP contribution in [0.15, 0.2) is 42.9 Å². The first kappa shape index (κ1) is 18.7. The number of nitrogens with one attached hydrogen (secondary N) is 1. The summed E-state index contributed by atoms with van der Waals surface area (Å²) in [5, 5.41) is 11.4. The molecule has 8 nitrogen and oxygen atoms in total. The summed E-state index contributed by atoms with van der Waals surface area (Å²) in [5.41, 5.74) is 3.53. The number of carbonyl (C=O) groups excluding carboxylic acids is 1. The smallest absolute Gasteiger partial charge is 0.270 e. The van der Waals surface area contributed by atoms with Crippen LogP contribution in [0.3, 0.4) is 0 Å². The number of halogens is 1. The monoisotopic (exact) mass is 393 g/mol. The number of aryl methyl sites for hydroxylation is 2.